The van der Waals surface area contributed by atoms with Crippen LogP contribution in [0, 0.1) is 15.9 Å². The molecule has 1 aromatic carbocycles. The van der Waals surface area contributed by atoms with Crippen molar-refractivity contribution in [3.8, 4) is 0 Å². The Balaban J connectivity index is 3.07. The third kappa shape index (κ3) is 2.02. The van der Waals surface area contributed by atoms with Gasteiger partial charge in [-0.15, -0.1) is 0 Å². The minimum absolute atomic E-state index is 0.176. The molecular formula is C9H3F4N3O4. The van der Waals surface area contributed by atoms with E-state index in [4.69, 9.17) is 0 Å². The third-order valence-electron chi connectivity index (χ3n) is 2.42. The average Bonchev–Trinajstić information content (AvgIpc) is 2.28. The van der Waals surface area contributed by atoms with Crippen molar-refractivity contribution in [1.29, 1.82) is 0 Å². The van der Waals surface area contributed by atoms with Crippen LogP contribution >= 0.6 is 0 Å². The number of hydrogen-bond acceptors (Lipinski definition) is 4. The van der Waals surface area contributed by atoms with Crippen molar-refractivity contribution < 1.29 is 22.5 Å². The largest absolute Gasteiger partial charge is 0.419 e. The SMILES string of the molecule is O=c1[nH]c2cc(C(F)(F)F)c(F)c([N+](=O)[O-])c2[nH]c1=O. The van der Waals surface area contributed by atoms with Crippen molar-refractivity contribution in [3.05, 3.63) is 48.3 Å². The summed E-state index contributed by atoms with van der Waals surface area (Å²) in [5, 5.41) is 10.7. The number of nitrogens with zero attached hydrogens (tertiary/aromatic N) is 1. The first-order valence-electron chi connectivity index (χ1n) is 4.83. The zero-order valence-corrected chi connectivity index (χ0v) is 9.17. The number of rotatable bonds is 1. The lowest BCUT2D eigenvalue weighted by Crippen LogP contribution is -2.29. The van der Waals surface area contributed by atoms with Gasteiger partial charge in [0.15, 0.2) is 0 Å². The van der Waals surface area contributed by atoms with E-state index in [9.17, 15) is 37.3 Å². The summed E-state index contributed by atoms with van der Waals surface area (Å²) in [7, 11) is 0. The smallest absolute Gasteiger partial charge is 0.316 e. The zero-order chi connectivity index (χ0) is 15.2. The number of aromatic amines is 2. The first kappa shape index (κ1) is 13.7. The summed E-state index contributed by atoms with van der Waals surface area (Å²) in [4.78, 5) is 34.7. The summed E-state index contributed by atoms with van der Waals surface area (Å²) in [6.07, 6.45) is -5.20. The molecule has 0 amide bonds. The molecule has 0 saturated carbocycles. The maximum atomic E-state index is 13.6. The van der Waals surface area contributed by atoms with Gasteiger partial charge in [0, 0.05) is 0 Å². The van der Waals surface area contributed by atoms with Crippen LogP contribution in [0.1, 0.15) is 5.56 Å². The maximum absolute atomic E-state index is 13.6. The van der Waals surface area contributed by atoms with E-state index in [1.807, 2.05) is 0 Å². The van der Waals surface area contributed by atoms with Crippen molar-refractivity contribution in [1.82, 2.24) is 9.97 Å². The zero-order valence-electron chi connectivity index (χ0n) is 9.17. The standard InChI is InChI=1S/C9H3F4N3O4/c10-4-2(9(11,12)13)1-3-5(6(4)16(19)20)15-8(18)7(17)14-3/h1H,(H,14,17)(H,15,18). The van der Waals surface area contributed by atoms with E-state index in [0.29, 0.717) is 0 Å². The summed E-state index contributed by atoms with van der Waals surface area (Å²) >= 11 is 0. The normalized spacial score (nSPS) is 11.8. The molecule has 0 aliphatic carbocycles. The van der Waals surface area contributed by atoms with Crippen LogP contribution in [0.25, 0.3) is 11.0 Å². The van der Waals surface area contributed by atoms with Crippen LogP contribution < -0.4 is 11.1 Å². The molecule has 0 radical (unpaired) electrons. The molecule has 2 N–H and O–H groups in total. The van der Waals surface area contributed by atoms with E-state index in [2.05, 4.69) is 0 Å². The summed E-state index contributed by atoms with van der Waals surface area (Å²) < 4.78 is 51.3. The van der Waals surface area contributed by atoms with E-state index in [-0.39, 0.29) is 6.07 Å². The Morgan fingerprint density at radius 2 is 1.70 bits per heavy atom. The van der Waals surface area contributed by atoms with Crippen molar-refractivity contribution >= 4 is 16.7 Å². The highest BCUT2D eigenvalue weighted by molar-refractivity contribution is 5.85. The molecule has 0 aliphatic rings. The number of nitro benzene ring substituents is 1. The molecule has 0 fully saturated rings. The average molecular weight is 293 g/mol. The molecule has 20 heavy (non-hydrogen) atoms. The topological polar surface area (TPSA) is 109 Å². The quantitative estimate of drug-likeness (QED) is 0.357. The second kappa shape index (κ2) is 4.15. The van der Waals surface area contributed by atoms with Crippen molar-refractivity contribution in [2.75, 3.05) is 0 Å². The highest BCUT2D eigenvalue weighted by Crippen LogP contribution is 2.37. The Labute approximate surface area is 105 Å². The van der Waals surface area contributed by atoms with Crippen LogP contribution in [0.3, 0.4) is 0 Å². The number of nitrogens with one attached hydrogen (secondary N) is 2. The molecule has 2 aromatic rings. The minimum atomic E-state index is -5.20. The lowest BCUT2D eigenvalue weighted by molar-refractivity contribution is -0.386. The van der Waals surface area contributed by atoms with Crippen LogP contribution in [-0.2, 0) is 6.18 Å². The first-order valence-corrected chi connectivity index (χ1v) is 4.83. The molecule has 11 heteroatoms. The second-order valence-electron chi connectivity index (χ2n) is 3.67. The highest BCUT2D eigenvalue weighted by Gasteiger charge is 2.39. The molecule has 0 bridgehead atoms. The minimum Gasteiger partial charge on any atom is -0.316 e. The van der Waals surface area contributed by atoms with Gasteiger partial charge in [-0.3, -0.25) is 19.7 Å². The van der Waals surface area contributed by atoms with Crippen molar-refractivity contribution in [2.24, 2.45) is 0 Å². The fourth-order valence-corrected chi connectivity index (χ4v) is 1.60. The molecule has 0 aliphatic heterocycles. The van der Waals surface area contributed by atoms with E-state index >= 15 is 0 Å². The molecule has 0 saturated heterocycles. The summed E-state index contributed by atoms with van der Waals surface area (Å²) in [5.41, 5.74) is -7.67. The van der Waals surface area contributed by atoms with E-state index in [1.165, 1.54) is 0 Å². The Kier molecular flexibility index (Phi) is 2.84. The van der Waals surface area contributed by atoms with Gasteiger partial charge in [0.25, 0.3) is 0 Å². The maximum Gasteiger partial charge on any atom is 0.419 e. The predicted octanol–water partition coefficient (Wildman–Crippen LogP) is 1.28. The fourth-order valence-electron chi connectivity index (χ4n) is 1.60. The molecule has 0 unspecified atom stereocenters. The van der Waals surface area contributed by atoms with E-state index in [1.54, 1.807) is 9.97 Å². The van der Waals surface area contributed by atoms with Crippen molar-refractivity contribution in [3.63, 3.8) is 0 Å². The summed E-state index contributed by atoms with van der Waals surface area (Å²) in [5.74, 6) is -2.14. The number of aromatic nitrogens is 2. The Morgan fingerprint density at radius 1 is 1.15 bits per heavy atom. The van der Waals surface area contributed by atoms with Crippen LogP contribution in [0.2, 0.25) is 0 Å². The molecular weight excluding hydrogens is 290 g/mol. The first-order chi connectivity index (χ1) is 9.12. The Hall–Kier alpha value is -2.72. The molecule has 7 nitrogen and oxygen atoms in total. The number of halogens is 4. The molecule has 0 atom stereocenters. The molecule has 1 heterocycles. The van der Waals surface area contributed by atoms with Gasteiger partial charge in [0.1, 0.15) is 11.1 Å². The van der Waals surface area contributed by atoms with Gasteiger partial charge < -0.3 is 9.97 Å². The van der Waals surface area contributed by atoms with Gasteiger partial charge in [0.2, 0.25) is 5.82 Å². The van der Waals surface area contributed by atoms with E-state index in [0.717, 1.165) is 0 Å². The van der Waals surface area contributed by atoms with Gasteiger partial charge in [0.05, 0.1) is 10.4 Å². The number of nitro groups is 1. The van der Waals surface area contributed by atoms with Gasteiger partial charge in [-0.25, -0.2) is 0 Å². The second-order valence-corrected chi connectivity index (χ2v) is 3.67. The van der Waals surface area contributed by atoms with E-state index < -0.39 is 50.3 Å². The van der Waals surface area contributed by atoms with Crippen LogP contribution in [0.15, 0.2) is 15.7 Å². The number of benzene rings is 1. The molecule has 0 spiro atoms. The van der Waals surface area contributed by atoms with Gasteiger partial charge in [-0.1, -0.05) is 0 Å². The fraction of sp³-hybridized carbons (Fsp3) is 0.111. The lowest BCUT2D eigenvalue weighted by Gasteiger charge is -2.09. The van der Waals surface area contributed by atoms with Crippen LogP contribution in [0.5, 0.6) is 0 Å². The lowest BCUT2D eigenvalue weighted by atomic mass is 10.1. The number of H-pyrrole nitrogens is 2. The van der Waals surface area contributed by atoms with Crippen LogP contribution in [0.4, 0.5) is 23.2 Å². The monoisotopic (exact) mass is 293 g/mol. The van der Waals surface area contributed by atoms with Gasteiger partial charge in [-0.05, 0) is 6.07 Å². The van der Waals surface area contributed by atoms with Crippen LogP contribution in [-0.4, -0.2) is 14.9 Å². The number of alkyl halides is 3. The summed E-state index contributed by atoms with van der Waals surface area (Å²) in [6, 6.07) is 0.176. The molecule has 2 rings (SSSR count). The third-order valence-corrected chi connectivity index (χ3v) is 2.42. The molecule has 106 valence electrons. The predicted molar refractivity (Wildman–Crippen MR) is 56.8 cm³/mol. The van der Waals surface area contributed by atoms with Gasteiger partial charge >= 0.3 is 23.0 Å². The number of fused-ring (bicyclic) bond motifs is 1. The number of hydrogen-bond donors (Lipinski definition) is 2. The Morgan fingerprint density at radius 3 is 2.20 bits per heavy atom. The summed E-state index contributed by atoms with van der Waals surface area (Å²) in [6.45, 7) is 0. The van der Waals surface area contributed by atoms with Crippen molar-refractivity contribution in [2.45, 2.75) is 6.18 Å². The Bertz CT molecular complexity index is 836. The van der Waals surface area contributed by atoms with Gasteiger partial charge in [-0.2, -0.15) is 17.6 Å². The highest BCUT2D eigenvalue weighted by atomic mass is 19.4. The molecule has 1 aromatic heterocycles.